The molecule has 1 aromatic carbocycles. The third kappa shape index (κ3) is 3.85. The lowest BCUT2D eigenvalue weighted by Crippen LogP contribution is -2.40. The maximum absolute atomic E-state index is 13.4. The van der Waals surface area contributed by atoms with Crippen molar-refractivity contribution >= 4 is 23.5 Å². The summed E-state index contributed by atoms with van der Waals surface area (Å²) < 4.78 is 13.4. The zero-order valence-corrected chi connectivity index (χ0v) is 13.4. The predicted octanol–water partition coefficient (Wildman–Crippen LogP) is 2.18. The number of anilines is 1. The van der Waals surface area contributed by atoms with Gasteiger partial charge in [0.1, 0.15) is 11.4 Å². The number of carbonyl (C=O) groups excluding carboxylic acids is 3. The topological polar surface area (TPSA) is 78.5 Å². The molecule has 4 amide bonds. The molecule has 7 heteroatoms. The van der Waals surface area contributed by atoms with Gasteiger partial charge in [-0.3, -0.25) is 14.5 Å². The first kappa shape index (κ1) is 16.9. The highest BCUT2D eigenvalue weighted by molar-refractivity contribution is 6.06. The molecule has 1 saturated heterocycles. The zero-order valence-electron chi connectivity index (χ0n) is 13.4. The summed E-state index contributed by atoms with van der Waals surface area (Å²) in [5.74, 6) is -0.979. The maximum Gasteiger partial charge on any atom is 0.325 e. The number of nitrogens with one attached hydrogen (secondary N) is 2. The second-order valence-electron chi connectivity index (χ2n) is 6.13. The number of nitrogens with zero attached hydrogens (tertiary/aromatic N) is 1. The molecule has 124 valence electrons. The third-order valence-electron chi connectivity index (χ3n) is 3.69. The zero-order chi connectivity index (χ0) is 17.2. The minimum atomic E-state index is -0.904. The number of benzene rings is 1. The minimum Gasteiger partial charge on any atom is -0.326 e. The smallest absolute Gasteiger partial charge is 0.325 e. The van der Waals surface area contributed by atoms with E-state index in [0.29, 0.717) is 17.7 Å². The summed E-state index contributed by atoms with van der Waals surface area (Å²) in [6, 6.07) is 4.02. The number of carbonyl (C=O) groups is 3. The van der Waals surface area contributed by atoms with Crippen LogP contribution in [0.4, 0.5) is 14.9 Å². The van der Waals surface area contributed by atoms with Crippen LogP contribution < -0.4 is 10.6 Å². The summed E-state index contributed by atoms with van der Waals surface area (Å²) in [6.07, 6.45) is 0.475. The molecule has 0 atom stereocenters. The van der Waals surface area contributed by atoms with Crippen LogP contribution >= 0.6 is 0 Å². The summed E-state index contributed by atoms with van der Waals surface area (Å²) in [4.78, 5) is 36.6. The molecule has 0 spiro atoms. The minimum absolute atomic E-state index is 0.132. The SMILES string of the molecule is Cc1ccc(NC(=O)CCCN2C(=O)NC(C)(C)C2=O)cc1F. The number of hydrogen-bond acceptors (Lipinski definition) is 3. The molecule has 0 radical (unpaired) electrons. The number of urea groups is 1. The molecule has 2 rings (SSSR count). The third-order valence-corrected chi connectivity index (χ3v) is 3.69. The Labute approximate surface area is 134 Å². The van der Waals surface area contributed by atoms with Gasteiger partial charge in [0.15, 0.2) is 0 Å². The Hall–Kier alpha value is -2.44. The van der Waals surface area contributed by atoms with E-state index >= 15 is 0 Å². The predicted molar refractivity (Wildman–Crippen MR) is 83.3 cm³/mol. The van der Waals surface area contributed by atoms with Crippen molar-refractivity contribution in [1.29, 1.82) is 0 Å². The van der Waals surface area contributed by atoms with E-state index in [-0.39, 0.29) is 30.6 Å². The van der Waals surface area contributed by atoms with Gasteiger partial charge in [-0.05, 0) is 44.9 Å². The summed E-state index contributed by atoms with van der Waals surface area (Å²) in [5, 5.41) is 5.17. The second kappa shape index (κ2) is 6.36. The fraction of sp³-hybridized carbons (Fsp3) is 0.438. The number of halogens is 1. The quantitative estimate of drug-likeness (QED) is 0.816. The van der Waals surface area contributed by atoms with E-state index in [1.165, 1.54) is 6.07 Å². The molecular weight excluding hydrogens is 301 g/mol. The van der Waals surface area contributed by atoms with Gasteiger partial charge in [-0.1, -0.05) is 6.07 Å². The van der Waals surface area contributed by atoms with Gasteiger partial charge in [0, 0.05) is 18.7 Å². The van der Waals surface area contributed by atoms with E-state index in [9.17, 15) is 18.8 Å². The van der Waals surface area contributed by atoms with Crippen molar-refractivity contribution in [3.8, 4) is 0 Å². The molecule has 2 N–H and O–H groups in total. The Kier molecular flexibility index (Phi) is 4.68. The van der Waals surface area contributed by atoms with Gasteiger partial charge in [-0.25, -0.2) is 9.18 Å². The van der Waals surface area contributed by atoms with Crippen molar-refractivity contribution in [3.05, 3.63) is 29.6 Å². The molecule has 0 saturated carbocycles. The molecule has 0 unspecified atom stereocenters. The fourth-order valence-corrected chi connectivity index (χ4v) is 2.31. The highest BCUT2D eigenvalue weighted by Gasteiger charge is 2.43. The van der Waals surface area contributed by atoms with Crippen LogP contribution in [0.1, 0.15) is 32.3 Å². The first-order valence-electron chi connectivity index (χ1n) is 7.41. The van der Waals surface area contributed by atoms with Gasteiger partial charge in [-0.15, -0.1) is 0 Å². The lowest BCUT2D eigenvalue weighted by Gasteiger charge is -2.15. The number of hydrogen-bond donors (Lipinski definition) is 2. The molecule has 1 fully saturated rings. The Morgan fingerprint density at radius 1 is 1.35 bits per heavy atom. The van der Waals surface area contributed by atoms with E-state index in [4.69, 9.17) is 0 Å². The molecule has 6 nitrogen and oxygen atoms in total. The van der Waals surface area contributed by atoms with Gasteiger partial charge in [0.05, 0.1) is 0 Å². The number of aryl methyl sites for hydroxylation is 1. The van der Waals surface area contributed by atoms with Crippen molar-refractivity contribution in [2.24, 2.45) is 0 Å². The van der Waals surface area contributed by atoms with Crippen molar-refractivity contribution in [3.63, 3.8) is 0 Å². The second-order valence-corrected chi connectivity index (χ2v) is 6.13. The van der Waals surface area contributed by atoms with E-state index in [1.54, 1.807) is 32.9 Å². The first-order chi connectivity index (χ1) is 10.7. The molecule has 1 heterocycles. The van der Waals surface area contributed by atoms with Crippen molar-refractivity contribution < 1.29 is 18.8 Å². The number of imide groups is 1. The molecule has 0 aliphatic carbocycles. The fourth-order valence-electron chi connectivity index (χ4n) is 2.31. The maximum atomic E-state index is 13.4. The molecule has 1 aliphatic heterocycles. The first-order valence-corrected chi connectivity index (χ1v) is 7.41. The van der Waals surface area contributed by atoms with Crippen LogP contribution in [-0.4, -0.2) is 34.8 Å². The average Bonchev–Trinajstić information content (AvgIpc) is 2.64. The lowest BCUT2D eigenvalue weighted by atomic mass is 10.1. The summed E-state index contributed by atoms with van der Waals surface area (Å²) in [6.45, 7) is 5.07. The van der Waals surface area contributed by atoms with Crippen LogP contribution in [0.15, 0.2) is 18.2 Å². The molecule has 1 aromatic rings. The van der Waals surface area contributed by atoms with Crippen LogP contribution in [0.25, 0.3) is 0 Å². The molecule has 0 aromatic heterocycles. The van der Waals surface area contributed by atoms with Crippen LogP contribution in [0.3, 0.4) is 0 Å². The average molecular weight is 321 g/mol. The largest absolute Gasteiger partial charge is 0.326 e. The summed E-state index contributed by atoms with van der Waals surface area (Å²) >= 11 is 0. The Morgan fingerprint density at radius 3 is 2.61 bits per heavy atom. The van der Waals surface area contributed by atoms with E-state index in [0.717, 1.165) is 4.90 Å². The highest BCUT2D eigenvalue weighted by atomic mass is 19.1. The summed E-state index contributed by atoms with van der Waals surface area (Å²) in [5.41, 5.74) is -0.0166. The van der Waals surface area contributed by atoms with Gasteiger partial charge < -0.3 is 10.6 Å². The van der Waals surface area contributed by atoms with Gasteiger partial charge in [0.2, 0.25) is 5.91 Å². The van der Waals surface area contributed by atoms with E-state index in [1.807, 2.05) is 0 Å². The van der Waals surface area contributed by atoms with Crippen LogP contribution in [-0.2, 0) is 9.59 Å². The molecule has 23 heavy (non-hydrogen) atoms. The van der Waals surface area contributed by atoms with Crippen LogP contribution in [0.2, 0.25) is 0 Å². The monoisotopic (exact) mass is 321 g/mol. The Morgan fingerprint density at radius 2 is 2.04 bits per heavy atom. The van der Waals surface area contributed by atoms with Gasteiger partial charge in [-0.2, -0.15) is 0 Å². The normalized spacial score (nSPS) is 16.4. The molecule has 1 aliphatic rings. The van der Waals surface area contributed by atoms with E-state index < -0.39 is 11.6 Å². The van der Waals surface area contributed by atoms with E-state index in [2.05, 4.69) is 10.6 Å². The number of rotatable bonds is 5. The van der Waals surface area contributed by atoms with Crippen molar-refractivity contribution in [2.75, 3.05) is 11.9 Å². The Bertz CT molecular complexity index is 658. The standard InChI is InChI=1S/C16H20FN3O3/c1-10-6-7-11(9-12(10)17)18-13(21)5-4-8-20-14(22)16(2,3)19-15(20)23/h6-7,9H,4-5,8H2,1-3H3,(H,18,21)(H,19,23). The Balaban J connectivity index is 1.82. The summed E-state index contributed by atoms with van der Waals surface area (Å²) in [7, 11) is 0. The van der Waals surface area contributed by atoms with Crippen molar-refractivity contribution in [1.82, 2.24) is 10.2 Å². The van der Waals surface area contributed by atoms with Crippen LogP contribution in [0.5, 0.6) is 0 Å². The highest BCUT2D eigenvalue weighted by Crippen LogP contribution is 2.17. The van der Waals surface area contributed by atoms with Crippen LogP contribution in [0, 0.1) is 12.7 Å². The molecule has 0 bridgehead atoms. The lowest BCUT2D eigenvalue weighted by molar-refractivity contribution is -0.130. The van der Waals surface area contributed by atoms with Gasteiger partial charge in [0.25, 0.3) is 5.91 Å². The number of amides is 4. The van der Waals surface area contributed by atoms with Crippen molar-refractivity contribution in [2.45, 2.75) is 39.2 Å². The van der Waals surface area contributed by atoms with Gasteiger partial charge >= 0.3 is 6.03 Å². The molecular formula is C16H20FN3O3.